The topological polar surface area (TPSA) is 130 Å². The first-order valence-corrected chi connectivity index (χ1v) is 11.0. The fourth-order valence-electron chi connectivity index (χ4n) is 5.40. The highest BCUT2D eigenvalue weighted by atomic mass is 19.1. The zero-order chi connectivity index (χ0) is 22.5. The zero-order valence-electron chi connectivity index (χ0n) is 17.5. The molecule has 3 aliphatic rings. The molecule has 3 saturated carbocycles. The Kier molecular flexibility index (Phi) is 4.60. The van der Waals surface area contributed by atoms with Crippen molar-refractivity contribution in [1.29, 1.82) is 0 Å². The Morgan fingerprint density at radius 3 is 2.61 bits per heavy atom. The van der Waals surface area contributed by atoms with E-state index in [1.165, 1.54) is 12.3 Å². The molecule has 10 heteroatoms. The lowest BCUT2D eigenvalue weighted by molar-refractivity contribution is -0.148. The number of H-pyrrole nitrogens is 1. The Labute approximate surface area is 187 Å². The number of carbonyl (C=O) groups is 1. The first-order chi connectivity index (χ1) is 16.1. The Balaban J connectivity index is 1.44. The third kappa shape index (κ3) is 3.42. The second kappa shape index (κ2) is 7.65. The van der Waals surface area contributed by atoms with Crippen LogP contribution in [0.5, 0.6) is 0 Å². The number of halogens is 1. The van der Waals surface area contributed by atoms with Crippen molar-refractivity contribution in [3.05, 3.63) is 42.7 Å². The van der Waals surface area contributed by atoms with Gasteiger partial charge in [-0.2, -0.15) is 14.4 Å². The van der Waals surface area contributed by atoms with Crippen molar-refractivity contribution in [3.8, 4) is 23.0 Å². The molecule has 0 saturated heterocycles. The van der Waals surface area contributed by atoms with Crippen LogP contribution < -0.4 is 5.32 Å². The Hall–Kier alpha value is -3.82. The molecule has 0 spiro atoms. The monoisotopic (exact) mass is 448 g/mol. The van der Waals surface area contributed by atoms with E-state index in [-0.39, 0.29) is 17.9 Å². The van der Waals surface area contributed by atoms with Crippen LogP contribution in [0.4, 0.5) is 10.3 Å². The van der Waals surface area contributed by atoms with E-state index in [0.29, 0.717) is 40.0 Å². The fraction of sp³-hybridized carbons (Fsp3) is 0.348. The molecule has 3 N–H and O–H groups in total. The van der Waals surface area contributed by atoms with Gasteiger partial charge in [-0.05, 0) is 61.8 Å². The van der Waals surface area contributed by atoms with E-state index in [0.717, 1.165) is 25.7 Å². The van der Waals surface area contributed by atoms with Crippen LogP contribution in [0, 0.1) is 23.7 Å². The number of hydrogen-bond acceptors (Lipinski definition) is 7. The predicted molar refractivity (Wildman–Crippen MR) is 117 cm³/mol. The molecule has 0 unspecified atom stereocenters. The van der Waals surface area contributed by atoms with Gasteiger partial charge in [-0.3, -0.25) is 4.79 Å². The van der Waals surface area contributed by atoms with Crippen molar-refractivity contribution in [2.75, 3.05) is 5.32 Å². The van der Waals surface area contributed by atoms with E-state index in [1.807, 2.05) is 0 Å². The smallest absolute Gasteiger partial charge is 0.308 e. The summed E-state index contributed by atoms with van der Waals surface area (Å²) in [6.45, 7) is 0. The van der Waals surface area contributed by atoms with Gasteiger partial charge in [-0.1, -0.05) is 0 Å². The van der Waals surface area contributed by atoms with Gasteiger partial charge in [0.25, 0.3) is 0 Å². The molecule has 9 nitrogen and oxygen atoms in total. The number of furan rings is 1. The number of carboxylic acids is 1. The van der Waals surface area contributed by atoms with E-state index in [9.17, 15) is 14.3 Å². The van der Waals surface area contributed by atoms with Gasteiger partial charge in [0.15, 0.2) is 11.6 Å². The second-order valence-corrected chi connectivity index (χ2v) is 8.73. The van der Waals surface area contributed by atoms with Crippen molar-refractivity contribution < 1.29 is 18.7 Å². The van der Waals surface area contributed by atoms with Crippen molar-refractivity contribution in [2.45, 2.75) is 31.7 Å². The van der Waals surface area contributed by atoms with E-state index in [4.69, 9.17) is 4.42 Å². The molecule has 4 heterocycles. The molecule has 4 aromatic rings. The molecule has 0 radical (unpaired) electrons. The average molecular weight is 448 g/mol. The number of fused-ring (bicyclic) bond motifs is 4. The van der Waals surface area contributed by atoms with Crippen LogP contribution in [-0.4, -0.2) is 42.0 Å². The highest BCUT2D eigenvalue weighted by Gasteiger charge is 2.47. The Morgan fingerprint density at radius 2 is 1.85 bits per heavy atom. The summed E-state index contributed by atoms with van der Waals surface area (Å²) in [7, 11) is 0. The van der Waals surface area contributed by atoms with Gasteiger partial charge in [-0.15, -0.1) is 0 Å². The minimum Gasteiger partial charge on any atom is -0.481 e. The lowest BCUT2D eigenvalue weighted by Gasteiger charge is -2.46. The third-order valence-electron chi connectivity index (χ3n) is 6.92. The van der Waals surface area contributed by atoms with Gasteiger partial charge in [0.2, 0.25) is 17.7 Å². The van der Waals surface area contributed by atoms with E-state index in [2.05, 4.69) is 30.2 Å². The summed E-state index contributed by atoms with van der Waals surface area (Å²) in [6, 6.07) is 6.13. The van der Waals surface area contributed by atoms with E-state index in [1.54, 1.807) is 24.4 Å². The molecule has 0 amide bonds. The van der Waals surface area contributed by atoms with Crippen molar-refractivity contribution in [3.63, 3.8) is 0 Å². The number of rotatable bonds is 5. The SMILES string of the molecule is O=C(O)[C@@H]1C2CCC(CC2)[C@H]1Nc1nc(-c2ccco2)nc(-c2c[nH]c3nc(F)ccc23)n1. The maximum absolute atomic E-state index is 13.6. The molecule has 2 bridgehead atoms. The standard InChI is InChI=1S/C23H21FN6O3/c24-16-8-7-13-14(10-25-19(13)26-16)20-28-21(15-2-1-9-33-15)30-23(29-20)27-18-12-5-3-11(4-6-12)17(18)22(31)32/h1-2,7-12,17-18H,3-6H2,(H,25,26)(H,31,32)(H,27,28,29,30)/t11?,12?,17-,18-/m1/s1. The highest BCUT2D eigenvalue weighted by molar-refractivity contribution is 5.91. The summed E-state index contributed by atoms with van der Waals surface area (Å²) < 4.78 is 19.1. The number of nitrogens with one attached hydrogen (secondary N) is 2. The van der Waals surface area contributed by atoms with Crippen LogP contribution in [0.15, 0.2) is 41.1 Å². The Bertz CT molecular complexity index is 1330. The number of carboxylic acid groups (broad SMARTS) is 1. The number of aromatic nitrogens is 5. The van der Waals surface area contributed by atoms with Crippen LogP contribution >= 0.6 is 0 Å². The molecule has 0 aliphatic heterocycles. The van der Waals surface area contributed by atoms with Gasteiger partial charge in [0.1, 0.15) is 5.65 Å². The van der Waals surface area contributed by atoms with Gasteiger partial charge < -0.3 is 19.8 Å². The summed E-state index contributed by atoms with van der Waals surface area (Å²) >= 11 is 0. The van der Waals surface area contributed by atoms with Crippen LogP contribution in [0.2, 0.25) is 0 Å². The fourth-order valence-corrected chi connectivity index (χ4v) is 5.40. The molecule has 4 aromatic heterocycles. The third-order valence-corrected chi connectivity index (χ3v) is 6.92. The molecule has 33 heavy (non-hydrogen) atoms. The molecule has 168 valence electrons. The number of aliphatic carboxylic acids is 1. The summed E-state index contributed by atoms with van der Waals surface area (Å²) in [5.41, 5.74) is 1.02. The van der Waals surface area contributed by atoms with Gasteiger partial charge in [0, 0.05) is 23.2 Å². The Morgan fingerprint density at radius 1 is 1.06 bits per heavy atom. The van der Waals surface area contributed by atoms with Crippen molar-refractivity contribution in [2.24, 2.45) is 17.8 Å². The maximum atomic E-state index is 13.6. The normalized spacial score (nSPS) is 24.3. The molecule has 0 aromatic carbocycles. The molecule has 2 atom stereocenters. The first-order valence-electron chi connectivity index (χ1n) is 11.0. The number of anilines is 1. The van der Waals surface area contributed by atoms with E-state index >= 15 is 0 Å². The number of hydrogen-bond donors (Lipinski definition) is 3. The lowest BCUT2D eigenvalue weighted by Crippen LogP contribution is -2.51. The largest absolute Gasteiger partial charge is 0.481 e. The van der Waals surface area contributed by atoms with Crippen molar-refractivity contribution in [1.82, 2.24) is 24.9 Å². The first kappa shape index (κ1) is 19.8. The van der Waals surface area contributed by atoms with Crippen molar-refractivity contribution >= 4 is 23.0 Å². The maximum Gasteiger partial charge on any atom is 0.308 e. The van der Waals surface area contributed by atoms with Gasteiger partial charge >= 0.3 is 5.97 Å². The molecule has 7 rings (SSSR count). The van der Waals surface area contributed by atoms with Crippen LogP contribution in [0.25, 0.3) is 34.0 Å². The minimum atomic E-state index is -0.785. The van der Waals surface area contributed by atoms with Gasteiger partial charge in [0.05, 0.1) is 12.2 Å². The quantitative estimate of drug-likeness (QED) is 0.389. The molecular formula is C23H21FN6O3. The number of pyridine rings is 1. The predicted octanol–water partition coefficient (Wildman–Crippen LogP) is 4.12. The summed E-state index contributed by atoms with van der Waals surface area (Å²) in [4.78, 5) is 32.6. The average Bonchev–Trinajstić information content (AvgIpc) is 3.49. The second-order valence-electron chi connectivity index (χ2n) is 8.73. The summed E-state index contributed by atoms with van der Waals surface area (Å²) in [5.74, 6) is -0.00928. The molecule has 3 fully saturated rings. The van der Waals surface area contributed by atoms with Gasteiger partial charge in [-0.25, -0.2) is 9.97 Å². The highest BCUT2D eigenvalue weighted by Crippen LogP contribution is 2.46. The van der Waals surface area contributed by atoms with E-state index < -0.39 is 17.8 Å². The minimum absolute atomic E-state index is 0.158. The molecular weight excluding hydrogens is 427 g/mol. The summed E-state index contributed by atoms with van der Waals surface area (Å²) in [6.07, 6.45) is 7.08. The van der Waals surface area contributed by atoms with Crippen LogP contribution in [0.3, 0.4) is 0 Å². The zero-order valence-corrected chi connectivity index (χ0v) is 17.5. The molecule has 3 aliphatic carbocycles. The lowest BCUT2D eigenvalue weighted by atomic mass is 9.61. The van der Waals surface area contributed by atoms with Crippen LogP contribution in [-0.2, 0) is 4.79 Å². The van der Waals surface area contributed by atoms with Crippen LogP contribution in [0.1, 0.15) is 25.7 Å². The summed E-state index contributed by atoms with van der Waals surface area (Å²) in [5, 5.41) is 13.9. The number of aromatic amines is 1. The number of nitrogens with zero attached hydrogens (tertiary/aromatic N) is 4.